The number of pyridine rings is 1. The number of alkyl halides is 6. The Labute approximate surface area is 232 Å². The molecule has 0 unspecified atom stereocenters. The van der Waals surface area contributed by atoms with Gasteiger partial charge < -0.3 is 0 Å². The second kappa shape index (κ2) is 10.4. The first kappa shape index (κ1) is 29.4. The van der Waals surface area contributed by atoms with Gasteiger partial charge in [-0.3, -0.25) is 10.1 Å². The van der Waals surface area contributed by atoms with Crippen molar-refractivity contribution in [3.63, 3.8) is 0 Å². The van der Waals surface area contributed by atoms with Crippen molar-refractivity contribution in [1.82, 2.24) is 20.1 Å². The Hall–Kier alpha value is -3.62. The predicted octanol–water partition coefficient (Wildman–Crippen LogP) is 6.58. The van der Waals surface area contributed by atoms with Crippen molar-refractivity contribution < 1.29 is 39.6 Å². The molecule has 0 radical (unpaired) electrons. The van der Waals surface area contributed by atoms with E-state index in [1.165, 1.54) is 36.4 Å². The summed E-state index contributed by atoms with van der Waals surface area (Å²) in [5.41, 5.74) is -2.91. The zero-order chi connectivity index (χ0) is 29.6. The number of hydrogen-bond acceptors (Lipinski definition) is 5. The van der Waals surface area contributed by atoms with Crippen molar-refractivity contribution in [2.45, 2.75) is 17.4 Å². The van der Waals surface area contributed by atoms with Crippen LogP contribution in [0.25, 0.3) is 28.1 Å². The molecule has 7 nitrogen and oxygen atoms in total. The molecule has 2 aromatic carbocycles. The highest BCUT2D eigenvalue weighted by Gasteiger charge is 2.39. The molecule has 0 aliphatic carbocycles. The number of nitrogens with zero attached hydrogens (tertiary/aromatic N) is 3. The molecule has 0 aliphatic rings. The quantitative estimate of drug-likeness (QED) is 0.200. The Morgan fingerprint density at radius 3 is 2.23 bits per heavy atom. The number of hydrogen-bond donors (Lipinski definition) is 1. The first-order valence-corrected chi connectivity index (χ1v) is 13.4. The van der Waals surface area contributed by atoms with E-state index in [1.54, 1.807) is 6.07 Å². The summed E-state index contributed by atoms with van der Waals surface area (Å²) in [6, 6.07) is 12.0. The maximum atomic E-state index is 13.8. The van der Waals surface area contributed by atoms with Gasteiger partial charge in [0.2, 0.25) is 0 Å². The van der Waals surface area contributed by atoms with Gasteiger partial charge in [-0.1, -0.05) is 47.5 Å². The number of rotatable bonds is 5. The Morgan fingerprint density at radius 1 is 0.950 bits per heavy atom. The highest BCUT2D eigenvalue weighted by atomic mass is 35.5. The SMILES string of the molecule is CS(=O)(=O)c1cccc(-c2ccc(-c3c(Cl)c(C(=O)NC(F)(F)F)nn3-c3cccnc3C(F)(F)F)c(Cl)c2)c1. The molecular formula is C24H14Cl2F6N4O3S. The molecule has 1 amide bonds. The third-order valence-electron chi connectivity index (χ3n) is 5.40. The number of aromatic nitrogens is 3. The molecule has 0 fully saturated rings. The number of halogens is 8. The van der Waals surface area contributed by atoms with Crippen molar-refractivity contribution in [1.29, 1.82) is 0 Å². The summed E-state index contributed by atoms with van der Waals surface area (Å²) >= 11 is 12.7. The lowest BCUT2D eigenvalue weighted by Gasteiger charge is -2.15. The monoisotopic (exact) mass is 622 g/mol. The van der Waals surface area contributed by atoms with E-state index in [-0.39, 0.29) is 15.5 Å². The van der Waals surface area contributed by atoms with Gasteiger partial charge >= 0.3 is 12.5 Å². The van der Waals surface area contributed by atoms with E-state index < -0.39 is 56.0 Å². The van der Waals surface area contributed by atoms with E-state index in [0.717, 1.165) is 24.6 Å². The van der Waals surface area contributed by atoms with E-state index in [4.69, 9.17) is 23.2 Å². The molecular weight excluding hydrogens is 609 g/mol. The third kappa shape index (κ3) is 6.08. The van der Waals surface area contributed by atoms with Gasteiger partial charge in [-0.25, -0.2) is 18.1 Å². The summed E-state index contributed by atoms with van der Waals surface area (Å²) in [6.45, 7) is 0. The smallest absolute Gasteiger partial charge is 0.267 e. The van der Waals surface area contributed by atoms with E-state index in [0.29, 0.717) is 21.1 Å². The molecule has 0 saturated heterocycles. The van der Waals surface area contributed by atoms with Crippen LogP contribution in [0.4, 0.5) is 26.3 Å². The molecule has 0 saturated carbocycles. The van der Waals surface area contributed by atoms with Crippen LogP contribution < -0.4 is 5.32 Å². The van der Waals surface area contributed by atoms with Crippen molar-refractivity contribution in [2.24, 2.45) is 0 Å². The van der Waals surface area contributed by atoms with Crippen molar-refractivity contribution in [3.8, 4) is 28.1 Å². The van der Waals surface area contributed by atoms with Gasteiger partial charge in [0.25, 0.3) is 5.91 Å². The van der Waals surface area contributed by atoms with E-state index in [1.807, 2.05) is 0 Å². The molecule has 2 aromatic heterocycles. The fourth-order valence-electron chi connectivity index (χ4n) is 3.72. The van der Waals surface area contributed by atoms with Gasteiger partial charge in [0.05, 0.1) is 21.3 Å². The molecule has 0 atom stereocenters. The fraction of sp³-hybridized carbons (Fsp3) is 0.125. The molecule has 210 valence electrons. The first-order valence-electron chi connectivity index (χ1n) is 10.8. The second-order valence-electron chi connectivity index (χ2n) is 8.24. The summed E-state index contributed by atoms with van der Waals surface area (Å²) in [5, 5.41) is 3.53. The second-order valence-corrected chi connectivity index (χ2v) is 11.0. The summed E-state index contributed by atoms with van der Waals surface area (Å²) < 4.78 is 104. The minimum atomic E-state index is -5.18. The van der Waals surface area contributed by atoms with Gasteiger partial charge in [0.1, 0.15) is 5.02 Å². The number of sulfone groups is 1. The van der Waals surface area contributed by atoms with Gasteiger partial charge in [-0.05, 0) is 41.5 Å². The lowest BCUT2D eigenvalue weighted by atomic mass is 10.0. The summed E-state index contributed by atoms with van der Waals surface area (Å²) in [4.78, 5) is 15.7. The molecule has 0 aliphatic heterocycles. The van der Waals surface area contributed by atoms with Crippen LogP contribution in [-0.4, -0.2) is 41.6 Å². The highest BCUT2D eigenvalue weighted by molar-refractivity contribution is 7.90. The van der Waals surface area contributed by atoms with Crippen LogP contribution in [0.1, 0.15) is 16.2 Å². The largest absolute Gasteiger partial charge is 0.484 e. The van der Waals surface area contributed by atoms with Crippen LogP contribution in [0, 0.1) is 0 Å². The Kier molecular flexibility index (Phi) is 7.64. The number of benzene rings is 2. The normalized spacial score (nSPS) is 12.4. The molecule has 4 rings (SSSR count). The van der Waals surface area contributed by atoms with Crippen molar-refractivity contribution in [3.05, 3.63) is 82.2 Å². The van der Waals surface area contributed by atoms with Crippen LogP contribution >= 0.6 is 23.2 Å². The number of carbonyl (C=O) groups excluding carboxylic acids is 1. The van der Waals surface area contributed by atoms with Gasteiger partial charge in [0, 0.05) is 18.0 Å². The third-order valence-corrected chi connectivity index (χ3v) is 7.18. The minimum absolute atomic E-state index is 0.0166. The molecule has 1 N–H and O–H groups in total. The molecule has 16 heteroatoms. The van der Waals surface area contributed by atoms with Crippen LogP contribution in [0.5, 0.6) is 0 Å². The Bertz CT molecular complexity index is 1740. The number of carbonyl (C=O) groups is 1. The first-order chi connectivity index (χ1) is 18.5. The molecule has 40 heavy (non-hydrogen) atoms. The van der Waals surface area contributed by atoms with E-state index in [9.17, 15) is 39.6 Å². The number of amides is 1. The van der Waals surface area contributed by atoms with Crippen LogP contribution in [0.2, 0.25) is 10.0 Å². The Balaban J connectivity index is 1.94. The average Bonchev–Trinajstić information content (AvgIpc) is 3.19. The maximum absolute atomic E-state index is 13.8. The molecule has 4 aromatic rings. The molecule has 2 heterocycles. The topological polar surface area (TPSA) is 94.0 Å². The summed E-state index contributed by atoms with van der Waals surface area (Å²) in [5.74, 6) is -1.82. The maximum Gasteiger partial charge on any atom is 0.484 e. The van der Waals surface area contributed by atoms with Crippen LogP contribution in [0.15, 0.2) is 65.7 Å². The van der Waals surface area contributed by atoms with Crippen molar-refractivity contribution in [2.75, 3.05) is 6.26 Å². The highest BCUT2D eigenvalue weighted by Crippen LogP contribution is 2.41. The lowest BCUT2D eigenvalue weighted by molar-refractivity contribution is -0.146. The van der Waals surface area contributed by atoms with E-state index in [2.05, 4.69) is 10.1 Å². The Morgan fingerprint density at radius 2 is 1.62 bits per heavy atom. The predicted molar refractivity (Wildman–Crippen MR) is 134 cm³/mol. The fourth-order valence-corrected chi connectivity index (χ4v) is 4.96. The van der Waals surface area contributed by atoms with Gasteiger partial charge in [0.15, 0.2) is 21.2 Å². The standard InChI is InChI=1S/C24H14Cl2F6N4O3S/c1-40(38,39)14-5-2-4-12(10-14)13-7-8-15(16(25)11-13)20-18(26)19(22(37)34-24(30,31)32)35-36(20)17-6-3-9-33-21(17)23(27,28)29/h2-11H,1H3,(H,34,37). The zero-order valence-electron chi connectivity index (χ0n) is 19.8. The average molecular weight is 623 g/mol. The molecule has 0 spiro atoms. The lowest BCUT2D eigenvalue weighted by Crippen LogP contribution is -2.37. The number of nitrogens with one attached hydrogen (secondary N) is 1. The summed E-state index contributed by atoms with van der Waals surface area (Å²) in [6.07, 6.45) is -8.33. The molecule has 0 bridgehead atoms. The van der Waals surface area contributed by atoms with Crippen LogP contribution in [-0.2, 0) is 16.0 Å². The van der Waals surface area contributed by atoms with Gasteiger partial charge in [-0.2, -0.15) is 31.4 Å². The van der Waals surface area contributed by atoms with E-state index >= 15 is 0 Å². The van der Waals surface area contributed by atoms with Crippen LogP contribution in [0.3, 0.4) is 0 Å². The zero-order valence-corrected chi connectivity index (χ0v) is 22.1. The minimum Gasteiger partial charge on any atom is -0.267 e. The summed E-state index contributed by atoms with van der Waals surface area (Å²) in [7, 11) is -3.55. The van der Waals surface area contributed by atoms with Gasteiger partial charge in [-0.15, -0.1) is 0 Å². The van der Waals surface area contributed by atoms with Crippen molar-refractivity contribution >= 4 is 38.9 Å².